The van der Waals surface area contributed by atoms with Gasteiger partial charge in [0.25, 0.3) is 0 Å². The van der Waals surface area contributed by atoms with Crippen LogP contribution in [0.5, 0.6) is 0 Å². The number of nitrogens with one attached hydrogen (secondary N) is 1. The zero-order chi connectivity index (χ0) is 18.6. The van der Waals surface area contributed by atoms with E-state index in [1.807, 2.05) is 36.3 Å². The van der Waals surface area contributed by atoms with Crippen LogP contribution in [0.25, 0.3) is 11.0 Å². The quantitative estimate of drug-likeness (QED) is 0.546. The fourth-order valence-corrected chi connectivity index (χ4v) is 3.19. The van der Waals surface area contributed by atoms with E-state index >= 15 is 0 Å². The van der Waals surface area contributed by atoms with Crippen molar-refractivity contribution in [1.29, 1.82) is 0 Å². The van der Waals surface area contributed by atoms with Gasteiger partial charge in [0.05, 0.1) is 24.2 Å². The van der Waals surface area contributed by atoms with E-state index in [9.17, 15) is 0 Å². The van der Waals surface area contributed by atoms with Crippen molar-refractivity contribution in [1.82, 2.24) is 29.5 Å². The summed E-state index contributed by atoms with van der Waals surface area (Å²) in [5, 5.41) is 13.3. The molecule has 3 aromatic heterocycles. The Hall–Kier alpha value is -3.22. The van der Waals surface area contributed by atoms with Crippen molar-refractivity contribution in [2.45, 2.75) is 32.4 Å². The van der Waals surface area contributed by atoms with Crippen molar-refractivity contribution in [3.8, 4) is 0 Å². The minimum absolute atomic E-state index is 0.0267. The third-order valence-electron chi connectivity index (χ3n) is 4.55. The fourth-order valence-electron chi connectivity index (χ4n) is 3.19. The molecule has 0 saturated heterocycles. The van der Waals surface area contributed by atoms with Gasteiger partial charge in [-0.15, -0.1) is 0 Å². The van der Waals surface area contributed by atoms with Crippen molar-refractivity contribution in [2.75, 3.05) is 5.32 Å². The molecule has 0 aliphatic carbocycles. The Kier molecular flexibility index (Phi) is 4.82. The topological polar surface area (TPSA) is 73.5 Å². The Morgan fingerprint density at radius 2 is 1.93 bits per heavy atom. The maximum atomic E-state index is 4.79. The van der Waals surface area contributed by atoms with E-state index in [-0.39, 0.29) is 6.04 Å². The molecule has 1 aromatic carbocycles. The smallest absolute Gasteiger partial charge is 0.163 e. The van der Waals surface area contributed by atoms with E-state index in [0.29, 0.717) is 6.54 Å². The highest BCUT2D eigenvalue weighted by molar-refractivity contribution is 5.86. The van der Waals surface area contributed by atoms with Crippen LogP contribution < -0.4 is 5.32 Å². The highest BCUT2D eigenvalue weighted by Gasteiger charge is 2.17. The molecule has 0 aliphatic heterocycles. The average Bonchev–Trinajstić information content (AvgIpc) is 3.33. The largest absolute Gasteiger partial charge is 0.361 e. The van der Waals surface area contributed by atoms with E-state index in [2.05, 4.69) is 51.7 Å². The predicted octanol–water partition coefficient (Wildman–Crippen LogP) is 3.37. The second kappa shape index (κ2) is 7.57. The number of benzene rings is 1. The number of nitrogens with zero attached hydrogens (tertiary/aromatic N) is 6. The van der Waals surface area contributed by atoms with Gasteiger partial charge in [-0.3, -0.25) is 9.36 Å². The Bertz CT molecular complexity index is 1010. The molecule has 4 aromatic rings. The zero-order valence-electron chi connectivity index (χ0n) is 15.6. The van der Waals surface area contributed by atoms with Crippen LogP contribution >= 0.6 is 0 Å². The summed E-state index contributed by atoms with van der Waals surface area (Å²) >= 11 is 0. The second-order valence-electron chi connectivity index (χ2n) is 6.58. The monoisotopic (exact) mass is 361 g/mol. The Morgan fingerprint density at radius 1 is 1.07 bits per heavy atom. The number of rotatable bonds is 7. The third-order valence-corrected chi connectivity index (χ3v) is 4.55. The van der Waals surface area contributed by atoms with Crippen LogP contribution in [-0.4, -0.2) is 29.5 Å². The van der Waals surface area contributed by atoms with E-state index < -0.39 is 0 Å². The molecule has 27 heavy (non-hydrogen) atoms. The van der Waals surface area contributed by atoms with Gasteiger partial charge in [0, 0.05) is 25.9 Å². The third kappa shape index (κ3) is 3.67. The van der Waals surface area contributed by atoms with Gasteiger partial charge in [-0.2, -0.15) is 10.2 Å². The molecule has 1 atom stereocenters. The van der Waals surface area contributed by atoms with E-state index in [1.54, 1.807) is 10.9 Å². The normalized spacial score (nSPS) is 12.4. The van der Waals surface area contributed by atoms with Crippen molar-refractivity contribution in [3.05, 3.63) is 66.4 Å². The lowest BCUT2D eigenvalue weighted by atomic mass is 10.1. The van der Waals surface area contributed by atoms with Crippen molar-refractivity contribution >= 4 is 16.9 Å². The van der Waals surface area contributed by atoms with Gasteiger partial charge in [0.2, 0.25) is 0 Å². The molecule has 0 aliphatic rings. The second-order valence-corrected chi connectivity index (χ2v) is 6.58. The van der Waals surface area contributed by atoms with E-state index in [0.717, 1.165) is 35.5 Å². The van der Waals surface area contributed by atoms with E-state index in [1.165, 1.54) is 5.56 Å². The summed E-state index contributed by atoms with van der Waals surface area (Å²) in [6.07, 6.45) is 7.43. The Labute approximate surface area is 158 Å². The lowest BCUT2D eigenvalue weighted by Crippen LogP contribution is -2.19. The molecular formula is C20H23N7. The van der Waals surface area contributed by atoms with Crippen molar-refractivity contribution < 1.29 is 0 Å². The van der Waals surface area contributed by atoms with Crippen LogP contribution in [0.3, 0.4) is 0 Å². The first-order chi connectivity index (χ1) is 13.2. The first kappa shape index (κ1) is 17.2. The molecule has 3 heterocycles. The fraction of sp³-hybridized carbons (Fsp3) is 0.300. The van der Waals surface area contributed by atoms with Crippen LogP contribution in [0.4, 0.5) is 5.82 Å². The highest BCUT2D eigenvalue weighted by atomic mass is 15.3. The molecule has 7 nitrogen and oxygen atoms in total. The van der Waals surface area contributed by atoms with Gasteiger partial charge in [-0.1, -0.05) is 37.3 Å². The number of anilines is 1. The summed E-state index contributed by atoms with van der Waals surface area (Å²) in [5.74, 6) is 1.65. The number of aryl methyl sites for hydroxylation is 2. The van der Waals surface area contributed by atoms with E-state index in [4.69, 9.17) is 4.98 Å². The summed E-state index contributed by atoms with van der Waals surface area (Å²) in [7, 11) is 1.91. The molecule has 0 bridgehead atoms. The maximum Gasteiger partial charge on any atom is 0.163 e. The minimum atomic E-state index is 0.0267. The molecule has 0 radical (unpaired) electrons. The summed E-state index contributed by atoms with van der Waals surface area (Å²) in [6.45, 7) is 2.83. The van der Waals surface area contributed by atoms with Gasteiger partial charge in [0.15, 0.2) is 5.65 Å². The summed E-state index contributed by atoms with van der Waals surface area (Å²) in [5.41, 5.74) is 2.03. The lowest BCUT2D eigenvalue weighted by molar-refractivity contribution is 0.550. The summed E-state index contributed by atoms with van der Waals surface area (Å²) in [4.78, 5) is 9.47. The average molecular weight is 361 g/mol. The van der Waals surface area contributed by atoms with Crippen LogP contribution in [-0.2, 0) is 20.0 Å². The van der Waals surface area contributed by atoms with Crippen LogP contribution in [0.1, 0.15) is 30.8 Å². The molecule has 0 amide bonds. The number of hydrogen-bond acceptors (Lipinski definition) is 5. The van der Waals surface area contributed by atoms with Crippen LogP contribution in [0, 0.1) is 0 Å². The molecule has 0 unspecified atom stereocenters. The number of fused-ring (bicyclic) bond motifs is 1. The standard InChI is InChI=1S/C20H23N7/c1-3-8-18-24-19(16-13-22-26(2)20(16)25-18)23-17(14-27-12-7-11-21-27)15-9-5-4-6-10-15/h4-7,9-13,17H,3,8,14H2,1-2H3,(H,23,24,25)/t17-/m1/s1. The number of aromatic nitrogens is 6. The molecule has 138 valence electrons. The summed E-state index contributed by atoms with van der Waals surface area (Å²) in [6, 6.07) is 12.3. The lowest BCUT2D eigenvalue weighted by Gasteiger charge is -2.21. The SMILES string of the molecule is CCCc1nc(N[C@H](Cn2cccn2)c2ccccc2)c2cnn(C)c2n1. The highest BCUT2D eigenvalue weighted by Crippen LogP contribution is 2.26. The predicted molar refractivity (Wildman–Crippen MR) is 105 cm³/mol. The van der Waals surface area contributed by atoms with Crippen LogP contribution in [0.2, 0.25) is 0 Å². The van der Waals surface area contributed by atoms with Crippen LogP contribution in [0.15, 0.2) is 55.0 Å². The Balaban J connectivity index is 1.74. The molecule has 1 N–H and O–H groups in total. The zero-order valence-corrected chi connectivity index (χ0v) is 15.6. The molecule has 4 rings (SSSR count). The molecular weight excluding hydrogens is 338 g/mol. The summed E-state index contributed by atoms with van der Waals surface area (Å²) < 4.78 is 3.73. The minimum Gasteiger partial charge on any atom is -0.361 e. The molecule has 0 saturated carbocycles. The molecule has 0 spiro atoms. The van der Waals surface area contributed by atoms with Gasteiger partial charge in [-0.25, -0.2) is 9.97 Å². The first-order valence-electron chi connectivity index (χ1n) is 9.22. The first-order valence-corrected chi connectivity index (χ1v) is 9.22. The number of hydrogen-bond donors (Lipinski definition) is 1. The van der Waals surface area contributed by atoms with Gasteiger partial charge in [-0.05, 0) is 18.1 Å². The van der Waals surface area contributed by atoms with Crippen molar-refractivity contribution in [3.63, 3.8) is 0 Å². The Morgan fingerprint density at radius 3 is 2.67 bits per heavy atom. The van der Waals surface area contributed by atoms with Gasteiger partial charge >= 0.3 is 0 Å². The molecule has 0 fully saturated rings. The van der Waals surface area contributed by atoms with Crippen molar-refractivity contribution in [2.24, 2.45) is 7.05 Å². The van der Waals surface area contributed by atoms with Gasteiger partial charge in [0.1, 0.15) is 11.6 Å². The molecule has 7 heteroatoms. The maximum absolute atomic E-state index is 4.79. The van der Waals surface area contributed by atoms with Gasteiger partial charge < -0.3 is 5.32 Å².